The first-order chi connectivity index (χ1) is 7.95. The summed E-state index contributed by atoms with van der Waals surface area (Å²) in [5.74, 6) is -1.95. The standard InChI is InChI=1S/C12H15F2NO2/c1-3-11(15-12(17)7(2)16)9-5-4-8(13)6-10(9)14/h4-7,11,16H,3H2,1-2H3,(H,15,17). The quantitative estimate of drug-likeness (QED) is 0.848. The minimum Gasteiger partial charge on any atom is -0.384 e. The average molecular weight is 243 g/mol. The maximum absolute atomic E-state index is 13.5. The Morgan fingerprint density at radius 3 is 2.59 bits per heavy atom. The smallest absolute Gasteiger partial charge is 0.249 e. The predicted molar refractivity (Wildman–Crippen MR) is 59.2 cm³/mol. The number of nitrogens with one attached hydrogen (secondary N) is 1. The van der Waals surface area contributed by atoms with Gasteiger partial charge in [0.05, 0.1) is 6.04 Å². The second kappa shape index (κ2) is 5.72. The molecule has 1 rings (SSSR count). The minimum atomic E-state index is -1.16. The zero-order chi connectivity index (χ0) is 13.0. The van der Waals surface area contributed by atoms with Gasteiger partial charge in [-0.15, -0.1) is 0 Å². The van der Waals surface area contributed by atoms with E-state index in [9.17, 15) is 13.6 Å². The van der Waals surface area contributed by atoms with Crippen molar-refractivity contribution in [1.82, 2.24) is 5.32 Å². The zero-order valence-corrected chi connectivity index (χ0v) is 9.71. The lowest BCUT2D eigenvalue weighted by Gasteiger charge is -2.19. The Labute approximate surface area is 98.5 Å². The van der Waals surface area contributed by atoms with E-state index in [2.05, 4.69) is 5.32 Å². The fourth-order valence-corrected chi connectivity index (χ4v) is 1.48. The lowest BCUT2D eigenvalue weighted by atomic mass is 10.0. The van der Waals surface area contributed by atoms with Gasteiger partial charge in [0.15, 0.2) is 0 Å². The Kier molecular flexibility index (Phi) is 4.57. The third kappa shape index (κ3) is 3.49. The van der Waals surface area contributed by atoms with E-state index in [1.165, 1.54) is 13.0 Å². The number of carbonyl (C=O) groups is 1. The van der Waals surface area contributed by atoms with Crippen molar-refractivity contribution < 1.29 is 18.7 Å². The number of aliphatic hydroxyl groups excluding tert-OH is 1. The first kappa shape index (κ1) is 13.6. The Morgan fingerprint density at radius 1 is 1.47 bits per heavy atom. The van der Waals surface area contributed by atoms with Crippen molar-refractivity contribution >= 4 is 5.91 Å². The van der Waals surface area contributed by atoms with Gasteiger partial charge in [-0.05, 0) is 19.4 Å². The molecule has 0 spiro atoms. The molecule has 0 saturated heterocycles. The second-order valence-corrected chi connectivity index (χ2v) is 3.81. The van der Waals surface area contributed by atoms with Crippen LogP contribution in [0.15, 0.2) is 18.2 Å². The first-order valence-electron chi connectivity index (χ1n) is 5.39. The normalized spacial score (nSPS) is 14.2. The zero-order valence-electron chi connectivity index (χ0n) is 9.71. The number of aliphatic hydroxyl groups is 1. The van der Waals surface area contributed by atoms with Crippen LogP contribution < -0.4 is 5.32 Å². The van der Waals surface area contributed by atoms with Crippen LogP contribution in [0.4, 0.5) is 8.78 Å². The maximum Gasteiger partial charge on any atom is 0.249 e. The summed E-state index contributed by atoms with van der Waals surface area (Å²) in [6, 6.07) is 2.63. The summed E-state index contributed by atoms with van der Waals surface area (Å²) in [6.45, 7) is 3.08. The van der Waals surface area contributed by atoms with Gasteiger partial charge in [-0.2, -0.15) is 0 Å². The van der Waals surface area contributed by atoms with Gasteiger partial charge in [0.25, 0.3) is 0 Å². The molecule has 0 heterocycles. The highest BCUT2D eigenvalue weighted by molar-refractivity contribution is 5.80. The van der Waals surface area contributed by atoms with Crippen LogP contribution in [0.3, 0.4) is 0 Å². The Bertz CT molecular complexity index is 407. The van der Waals surface area contributed by atoms with Crippen molar-refractivity contribution in [3.8, 4) is 0 Å². The van der Waals surface area contributed by atoms with Gasteiger partial charge < -0.3 is 10.4 Å². The van der Waals surface area contributed by atoms with E-state index in [0.29, 0.717) is 6.42 Å². The highest BCUT2D eigenvalue weighted by atomic mass is 19.1. The highest BCUT2D eigenvalue weighted by Crippen LogP contribution is 2.20. The van der Waals surface area contributed by atoms with Gasteiger partial charge in [-0.1, -0.05) is 13.0 Å². The minimum absolute atomic E-state index is 0.211. The van der Waals surface area contributed by atoms with Crippen molar-refractivity contribution in [1.29, 1.82) is 0 Å². The van der Waals surface area contributed by atoms with Crippen LogP contribution in [0.1, 0.15) is 31.9 Å². The van der Waals surface area contributed by atoms with Crippen LogP contribution in [-0.2, 0) is 4.79 Å². The van der Waals surface area contributed by atoms with Crippen molar-refractivity contribution in [2.45, 2.75) is 32.4 Å². The van der Waals surface area contributed by atoms with E-state index in [-0.39, 0.29) is 5.56 Å². The molecule has 0 radical (unpaired) electrons. The molecule has 0 aliphatic heterocycles. The van der Waals surface area contributed by atoms with Crippen LogP contribution in [0.25, 0.3) is 0 Å². The van der Waals surface area contributed by atoms with E-state index in [1.807, 2.05) is 0 Å². The number of halogens is 2. The Hall–Kier alpha value is -1.49. The number of rotatable bonds is 4. The number of benzene rings is 1. The van der Waals surface area contributed by atoms with Crippen molar-refractivity contribution in [3.05, 3.63) is 35.4 Å². The SMILES string of the molecule is CCC(NC(=O)C(C)O)c1ccc(F)cc1F. The number of hydrogen-bond donors (Lipinski definition) is 2. The molecule has 0 aliphatic carbocycles. The molecule has 2 N–H and O–H groups in total. The largest absolute Gasteiger partial charge is 0.384 e. The van der Waals surface area contributed by atoms with Crippen LogP contribution >= 0.6 is 0 Å². The van der Waals surface area contributed by atoms with Crippen LogP contribution in [0.5, 0.6) is 0 Å². The van der Waals surface area contributed by atoms with Crippen LogP contribution in [-0.4, -0.2) is 17.1 Å². The average Bonchev–Trinajstić information content (AvgIpc) is 2.26. The molecule has 1 amide bonds. The van der Waals surface area contributed by atoms with E-state index in [0.717, 1.165) is 12.1 Å². The van der Waals surface area contributed by atoms with Crippen LogP contribution in [0.2, 0.25) is 0 Å². The molecule has 3 nitrogen and oxygen atoms in total. The third-order valence-corrected chi connectivity index (χ3v) is 2.44. The monoisotopic (exact) mass is 243 g/mol. The molecule has 1 aromatic rings. The summed E-state index contributed by atoms with van der Waals surface area (Å²) in [6.07, 6.45) is -0.714. The molecular weight excluding hydrogens is 228 g/mol. The molecule has 5 heteroatoms. The van der Waals surface area contributed by atoms with E-state index >= 15 is 0 Å². The Balaban J connectivity index is 2.90. The fourth-order valence-electron chi connectivity index (χ4n) is 1.48. The molecule has 2 atom stereocenters. The summed E-state index contributed by atoms with van der Waals surface area (Å²) in [4.78, 5) is 11.3. The van der Waals surface area contributed by atoms with E-state index in [1.54, 1.807) is 6.92 Å². The van der Waals surface area contributed by atoms with Gasteiger partial charge in [-0.25, -0.2) is 8.78 Å². The summed E-state index contributed by atoms with van der Waals surface area (Å²) in [5, 5.41) is 11.6. The predicted octanol–water partition coefficient (Wildman–Crippen LogP) is 1.91. The molecular formula is C12H15F2NO2. The maximum atomic E-state index is 13.5. The summed E-state index contributed by atoms with van der Waals surface area (Å²) >= 11 is 0. The summed E-state index contributed by atoms with van der Waals surface area (Å²) in [5.41, 5.74) is 0.211. The molecule has 0 fully saturated rings. The molecule has 0 aliphatic rings. The molecule has 94 valence electrons. The molecule has 0 saturated carbocycles. The van der Waals surface area contributed by atoms with Gasteiger partial charge in [0.2, 0.25) is 5.91 Å². The van der Waals surface area contributed by atoms with Gasteiger partial charge >= 0.3 is 0 Å². The van der Waals surface area contributed by atoms with Crippen molar-refractivity contribution in [2.24, 2.45) is 0 Å². The van der Waals surface area contributed by atoms with Gasteiger partial charge in [0, 0.05) is 11.6 Å². The lowest BCUT2D eigenvalue weighted by Crippen LogP contribution is -2.35. The summed E-state index contributed by atoms with van der Waals surface area (Å²) < 4.78 is 26.2. The molecule has 0 aromatic heterocycles. The number of amides is 1. The first-order valence-corrected chi connectivity index (χ1v) is 5.39. The molecule has 2 unspecified atom stereocenters. The molecule has 0 bridgehead atoms. The molecule has 1 aromatic carbocycles. The topological polar surface area (TPSA) is 49.3 Å². The fraction of sp³-hybridized carbons (Fsp3) is 0.417. The summed E-state index contributed by atoms with van der Waals surface area (Å²) in [7, 11) is 0. The van der Waals surface area contributed by atoms with Crippen molar-refractivity contribution in [3.63, 3.8) is 0 Å². The highest BCUT2D eigenvalue weighted by Gasteiger charge is 2.18. The number of hydrogen-bond acceptors (Lipinski definition) is 2. The number of carbonyl (C=O) groups excluding carboxylic acids is 1. The molecule has 17 heavy (non-hydrogen) atoms. The Morgan fingerprint density at radius 2 is 2.12 bits per heavy atom. The van der Waals surface area contributed by atoms with Crippen LogP contribution in [0, 0.1) is 11.6 Å². The van der Waals surface area contributed by atoms with E-state index < -0.39 is 29.7 Å². The van der Waals surface area contributed by atoms with Gasteiger partial charge in [0.1, 0.15) is 17.7 Å². The van der Waals surface area contributed by atoms with Gasteiger partial charge in [-0.3, -0.25) is 4.79 Å². The van der Waals surface area contributed by atoms with Crippen molar-refractivity contribution in [2.75, 3.05) is 0 Å². The second-order valence-electron chi connectivity index (χ2n) is 3.81. The third-order valence-electron chi connectivity index (χ3n) is 2.44. The van der Waals surface area contributed by atoms with E-state index in [4.69, 9.17) is 5.11 Å². The lowest BCUT2D eigenvalue weighted by molar-refractivity contribution is -0.129.